The fourth-order valence-electron chi connectivity index (χ4n) is 5.11. The summed E-state index contributed by atoms with van der Waals surface area (Å²) >= 11 is 0. The number of carbonyl (C=O) groups is 2. The van der Waals surface area contributed by atoms with Crippen LogP contribution in [0.2, 0.25) is 0 Å². The number of benzene rings is 2. The fourth-order valence-corrected chi connectivity index (χ4v) is 6.14. The van der Waals surface area contributed by atoms with Crippen LogP contribution < -0.4 is 0 Å². The van der Waals surface area contributed by atoms with Gasteiger partial charge in [-0.15, -0.1) is 20.5 Å². The molecule has 4 aliphatic carbocycles. The molecule has 2 unspecified atom stereocenters. The maximum absolute atomic E-state index is 12.2. The van der Waals surface area contributed by atoms with Crippen LogP contribution in [0, 0.1) is 34.1 Å². The first-order valence-electron chi connectivity index (χ1n) is 15.1. The normalized spacial score (nSPS) is 18.2. The Bertz CT molecular complexity index is 2470. The first-order valence-corrected chi connectivity index (χ1v) is 18.0. The second kappa shape index (κ2) is 17.1. The van der Waals surface area contributed by atoms with E-state index in [-0.39, 0.29) is 81.6 Å². The van der Waals surface area contributed by atoms with E-state index in [2.05, 4.69) is 20.5 Å². The van der Waals surface area contributed by atoms with E-state index >= 15 is 0 Å². The van der Waals surface area contributed by atoms with Gasteiger partial charge in [-0.1, -0.05) is 48.6 Å². The molecule has 0 fully saturated rings. The van der Waals surface area contributed by atoms with Crippen molar-refractivity contribution >= 4 is 102 Å². The van der Waals surface area contributed by atoms with Crippen molar-refractivity contribution in [2.45, 2.75) is 13.8 Å². The summed E-state index contributed by atoms with van der Waals surface area (Å²) in [5.41, 5.74) is 1.67. The molecule has 0 saturated carbocycles. The summed E-state index contributed by atoms with van der Waals surface area (Å²) < 4.78 is 63.3. The summed E-state index contributed by atoms with van der Waals surface area (Å²) in [6.45, 7) is 3.25. The Balaban J connectivity index is 0.000000240. The van der Waals surface area contributed by atoms with Crippen molar-refractivity contribution in [3.05, 3.63) is 162 Å². The van der Waals surface area contributed by atoms with Gasteiger partial charge in [-0.05, 0) is 72.6 Å². The number of nitrogens with zero attached hydrogens (tertiary/aromatic N) is 6. The molecule has 0 aromatic heterocycles. The van der Waals surface area contributed by atoms with Gasteiger partial charge in [0, 0.05) is 53.2 Å². The number of azo groups is 2. The molecule has 2 aromatic carbocycles. The molecule has 6 rings (SSSR count). The number of ketones is 2. The Kier molecular flexibility index (Phi) is 13.2. The van der Waals surface area contributed by atoms with Crippen molar-refractivity contribution in [2.75, 3.05) is 0 Å². The predicted octanol–water partition coefficient (Wildman–Crippen LogP) is 5.49. The molecule has 21 heteroatoms. The topological polar surface area (TPSA) is 291 Å². The molecular weight excluding hydrogens is 789 g/mol. The van der Waals surface area contributed by atoms with Gasteiger partial charge < -0.3 is 18.2 Å². The summed E-state index contributed by atoms with van der Waals surface area (Å²) in [4.78, 5) is 44.8. The van der Waals surface area contributed by atoms with Gasteiger partial charge in [-0.25, -0.2) is 0 Å². The molecule has 4 aliphatic rings. The average molecular weight is 813 g/mol. The molecule has 0 bridgehead atoms. The van der Waals surface area contributed by atoms with Crippen molar-refractivity contribution in [1.82, 2.24) is 0 Å². The van der Waals surface area contributed by atoms with Crippen molar-refractivity contribution in [3.8, 4) is 0 Å². The van der Waals surface area contributed by atoms with E-state index in [4.69, 9.17) is 9.11 Å². The van der Waals surface area contributed by atoms with Crippen molar-refractivity contribution < 1.29 is 46.1 Å². The molecule has 2 atom stereocenters. The number of aryl methyl sites for hydroxylation is 2. The van der Waals surface area contributed by atoms with Gasteiger partial charge in [0.25, 0.3) is 11.4 Å². The zero-order valence-electron chi connectivity index (χ0n) is 28.4. The van der Waals surface area contributed by atoms with Crippen LogP contribution in [-0.4, -0.2) is 95.5 Å². The Morgan fingerprint density at radius 3 is 1.27 bits per heavy atom. The largest absolute Gasteiger partial charge is 2.00 e. The van der Waals surface area contributed by atoms with Gasteiger partial charge in [0.2, 0.25) is 11.6 Å². The third-order valence-corrected chi connectivity index (χ3v) is 9.47. The van der Waals surface area contributed by atoms with E-state index in [1.165, 1.54) is 72.9 Å². The molecular formula is C34H24CaN6O12S2. The standard InChI is InChI=1S/2C17H13N3O6S.Ca/c2*1-10-3-2-4-14(20(22)23)16(10)18-19-17-13-7-6-12(27(24,25)26)9-11(13)5-8-15(17)21;/h2*2-9H,1H3,(H2,24,25,26);/q;;+2/p-2. The predicted molar refractivity (Wildman–Crippen MR) is 200 cm³/mol. The van der Waals surface area contributed by atoms with Crippen LogP contribution in [-0.2, 0) is 29.8 Å². The van der Waals surface area contributed by atoms with Crippen LogP contribution in [0.15, 0.2) is 151 Å². The molecule has 2 N–H and O–H groups in total. The summed E-state index contributed by atoms with van der Waals surface area (Å²) in [5, 5.41) is 37.9. The van der Waals surface area contributed by atoms with E-state index in [1.54, 1.807) is 26.0 Å². The first-order chi connectivity index (χ1) is 25.4. The molecule has 0 amide bonds. The summed E-state index contributed by atoms with van der Waals surface area (Å²) in [7, 11) is -8.80. The Morgan fingerprint density at radius 1 is 0.582 bits per heavy atom. The number of nitro benzene ring substituents is 2. The number of fused-ring (bicyclic) bond motifs is 2. The maximum Gasteiger partial charge on any atom is 2.00 e. The summed E-state index contributed by atoms with van der Waals surface area (Å²) in [6.07, 6.45) is 12.4. The minimum Gasteiger partial charge on any atom is -0.757 e. The zero-order valence-corrected chi connectivity index (χ0v) is 32.3. The van der Waals surface area contributed by atoms with Crippen LogP contribution in [0.25, 0.3) is 0 Å². The molecule has 2 aromatic rings. The molecule has 276 valence electrons. The van der Waals surface area contributed by atoms with E-state index in [9.17, 15) is 47.3 Å². The third-order valence-electron chi connectivity index (χ3n) is 7.77. The molecule has 0 saturated heterocycles. The number of hydrogen-bond donors (Lipinski definition) is 2. The van der Waals surface area contributed by atoms with Gasteiger partial charge in [0.05, 0.1) is 9.85 Å². The summed E-state index contributed by atoms with van der Waals surface area (Å²) in [6, 6.07) is 8.84. The zero-order chi connectivity index (χ0) is 39.5. The van der Waals surface area contributed by atoms with Crippen LogP contribution in [0.3, 0.4) is 0 Å². The van der Waals surface area contributed by atoms with Gasteiger partial charge in [-0.3, -0.25) is 38.2 Å². The number of carbonyl (C=O) groups excluding carboxylic acids is 2. The molecule has 0 spiro atoms. The van der Waals surface area contributed by atoms with Gasteiger partial charge in [-0.2, -0.15) is 0 Å². The van der Waals surface area contributed by atoms with E-state index < -0.39 is 41.6 Å². The van der Waals surface area contributed by atoms with Crippen LogP contribution in [0.5, 0.6) is 0 Å². The van der Waals surface area contributed by atoms with Crippen molar-refractivity contribution in [3.63, 3.8) is 0 Å². The molecule has 0 radical (unpaired) electrons. The second-order valence-electron chi connectivity index (χ2n) is 11.3. The monoisotopic (exact) mass is 812 g/mol. The minimum absolute atomic E-state index is 0. The molecule has 0 heterocycles. The Labute approximate surface area is 342 Å². The van der Waals surface area contributed by atoms with E-state index in [0.29, 0.717) is 33.4 Å². The molecule has 55 heavy (non-hydrogen) atoms. The molecule has 0 aliphatic heterocycles. The number of allylic oxidation sites excluding steroid dienone is 14. The number of nitro groups is 2. The average Bonchev–Trinajstić information content (AvgIpc) is 3.10. The van der Waals surface area contributed by atoms with Crippen molar-refractivity contribution in [2.24, 2.45) is 20.5 Å². The first kappa shape index (κ1) is 42.6. The van der Waals surface area contributed by atoms with Gasteiger partial charge in [0.1, 0.15) is 11.4 Å². The van der Waals surface area contributed by atoms with Crippen molar-refractivity contribution in [1.29, 1.82) is 0 Å². The third kappa shape index (κ3) is 9.75. The van der Waals surface area contributed by atoms with Crippen LogP contribution in [0.1, 0.15) is 11.1 Å². The van der Waals surface area contributed by atoms with E-state index in [0.717, 1.165) is 12.2 Å². The number of rotatable bonds is 6. The van der Waals surface area contributed by atoms with E-state index in [1.807, 2.05) is 0 Å². The second-order valence-corrected chi connectivity index (χ2v) is 14.2. The van der Waals surface area contributed by atoms with Gasteiger partial charge >= 0.3 is 37.7 Å². The smallest absolute Gasteiger partial charge is 0.757 e. The SMILES string of the molecule is Cc1cccc([N+](=O)[O-])c1N=NC1=C2C=CC(=S(=O)([O-])O)C=C2C=CC1=O.Cc1cccc([N+](=O)[O-])c1N=NC1=C2C=CC(=S(=O)([O-])O)C=C2C=CC1=O.[Ca+2]. The quantitative estimate of drug-likeness (QED) is 0.120. The molecule has 18 nitrogen and oxygen atoms in total. The Morgan fingerprint density at radius 2 is 0.945 bits per heavy atom. The van der Waals surface area contributed by atoms with Crippen LogP contribution >= 0.6 is 0 Å². The van der Waals surface area contributed by atoms with Crippen LogP contribution in [0.4, 0.5) is 22.7 Å². The minimum atomic E-state index is -4.40. The van der Waals surface area contributed by atoms with Gasteiger partial charge in [0.15, 0.2) is 11.4 Å². The number of hydrogen-bond acceptors (Lipinski definition) is 14. The Hall–Kier alpha value is -5.16. The fraction of sp³-hybridized carbons (Fsp3) is 0.0588. The maximum atomic E-state index is 12.2. The summed E-state index contributed by atoms with van der Waals surface area (Å²) in [5.74, 6) is -0.968.